The predicted molar refractivity (Wildman–Crippen MR) is 107 cm³/mol. The summed E-state index contributed by atoms with van der Waals surface area (Å²) in [6.45, 7) is 0.599. The highest BCUT2D eigenvalue weighted by molar-refractivity contribution is 8.09. The zero-order valence-electron chi connectivity index (χ0n) is 15.4. The Bertz CT molecular complexity index is 659. The number of methoxy groups -OCH3 is 1. The van der Waals surface area contributed by atoms with E-state index in [2.05, 4.69) is 12.6 Å². The minimum atomic E-state index is -0.621. The van der Waals surface area contributed by atoms with E-state index in [0.717, 1.165) is 18.4 Å². The molecule has 0 radical (unpaired) electrons. The number of rotatable bonds is 6. The van der Waals surface area contributed by atoms with Crippen molar-refractivity contribution in [3.8, 4) is 0 Å². The lowest BCUT2D eigenvalue weighted by atomic mass is 9.93. The second-order valence-electron chi connectivity index (χ2n) is 6.78. The lowest BCUT2D eigenvalue weighted by molar-refractivity contribution is -0.146. The molecule has 1 aliphatic carbocycles. The van der Waals surface area contributed by atoms with Gasteiger partial charge in [-0.2, -0.15) is 0 Å². The lowest BCUT2D eigenvalue weighted by Crippen LogP contribution is -2.44. The van der Waals surface area contributed by atoms with Gasteiger partial charge >= 0.3 is 12.1 Å². The van der Waals surface area contributed by atoms with Gasteiger partial charge in [0.1, 0.15) is 17.4 Å². The summed E-state index contributed by atoms with van der Waals surface area (Å²) >= 11 is 5.91. The molecule has 0 spiro atoms. The number of benzene rings is 1. The van der Waals surface area contributed by atoms with Crippen molar-refractivity contribution in [3.63, 3.8) is 0 Å². The van der Waals surface area contributed by atoms with Crippen LogP contribution < -0.4 is 0 Å². The summed E-state index contributed by atoms with van der Waals surface area (Å²) in [7, 11) is 1.35. The third-order valence-corrected chi connectivity index (χ3v) is 6.60. The summed E-state index contributed by atoms with van der Waals surface area (Å²) in [6.07, 6.45) is 3.09. The van der Waals surface area contributed by atoms with E-state index in [4.69, 9.17) is 14.2 Å². The maximum atomic E-state index is 12.7. The SMILES string of the molecule is COC(=O)[C@@H]1[C@H]2CCC(OC(S)SC)[C@H]2CN1C(=O)OCc1ccccc1. The molecule has 148 valence electrons. The van der Waals surface area contributed by atoms with E-state index in [-0.39, 0.29) is 29.3 Å². The van der Waals surface area contributed by atoms with Gasteiger partial charge in [0.25, 0.3) is 0 Å². The first-order chi connectivity index (χ1) is 13.0. The van der Waals surface area contributed by atoms with E-state index in [9.17, 15) is 9.59 Å². The number of amides is 1. The van der Waals surface area contributed by atoms with E-state index in [1.54, 1.807) is 0 Å². The Kier molecular flexibility index (Phi) is 6.94. The van der Waals surface area contributed by atoms with Gasteiger partial charge in [0, 0.05) is 12.5 Å². The second kappa shape index (κ2) is 9.21. The van der Waals surface area contributed by atoms with Gasteiger partial charge in [0.15, 0.2) is 0 Å². The van der Waals surface area contributed by atoms with E-state index in [1.807, 2.05) is 36.6 Å². The number of hydrogen-bond donors (Lipinski definition) is 1. The van der Waals surface area contributed by atoms with Gasteiger partial charge in [0.05, 0.1) is 13.2 Å². The van der Waals surface area contributed by atoms with Crippen molar-refractivity contribution >= 4 is 36.5 Å². The number of carbonyl (C=O) groups excluding carboxylic acids is 2. The molecule has 0 aromatic heterocycles. The Morgan fingerprint density at radius 1 is 1.26 bits per heavy atom. The van der Waals surface area contributed by atoms with Gasteiger partial charge in [-0.15, -0.1) is 24.4 Å². The molecular formula is C19H25NO5S2. The Labute approximate surface area is 169 Å². The molecular weight excluding hydrogens is 386 g/mol. The van der Waals surface area contributed by atoms with E-state index < -0.39 is 18.1 Å². The third kappa shape index (κ3) is 4.55. The fourth-order valence-corrected chi connectivity index (χ4v) is 4.47. The fourth-order valence-electron chi connectivity index (χ4n) is 4.06. The number of esters is 1. The molecule has 2 fully saturated rings. The van der Waals surface area contributed by atoms with Crippen molar-refractivity contribution in [2.45, 2.75) is 36.4 Å². The maximum Gasteiger partial charge on any atom is 0.410 e. The molecule has 0 N–H and O–H groups in total. The number of thioether (sulfide) groups is 1. The molecule has 1 aromatic rings. The number of nitrogens with zero attached hydrogens (tertiary/aromatic N) is 1. The largest absolute Gasteiger partial charge is 0.467 e. The highest BCUT2D eigenvalue weighted by Crippen LogP contribution is 2.45. The molecule has 6 nitrogen and oxygen atoms in total. The van der Waals surface area contributed by atoms with Gasteiger partial charge in [-0.25, -0.2) is 9.59 Å². The van der Waals surface area contributed by atoms with Crippen LogP contribution in [0.25, 0.3) is 0 Å². The Balaban J connectivity index is 1.69. The normalized spacial score (nSPS) is 27.9. The number of ether oxygens (including phenoxy) is 3. The highest BCUT2D eigenvalue weighted by Gasteiger charge is 2.54. The van der Waals surface area contributed by atoms with Crippen LogP contribution in [-0.2, 0) is 25.6 Å². The van der Waals surface area contributed by atoms with Crippen molar-refractivity contribution < 1.29 is 23.8 Å². The van der Waals surface area contributed by atoms with Crippen LogP contribution in [0.15, 0.2) is 30.3 Å². The minimum absolute atomic E-state index is 0.0223. The number of carbonyl (C=O) groups is 2. The number of thiol groups is 1. The standard InChI is InChI=1S/C19H25NO5S2/c1-23-17(21)16-13-8-9-15(25-19(26)27-2)14(13)10-20(16)18(22)24-11-12-6-4-3-5-7-12/h3-7,13-16,19,26H,8-11H2,1-2H3/t13-,14-,15?,16-,19?/m0/s1. The molecule has 5 atom stereocenters. The fraction of sp³-hybridized carbons (Fsp3) is 0.579. The maximum absolute atomic E-state index is 12.7. The van der Waals surface area contributed by atoms with Crippen LogP contribution in [0.1, 0.15) is 18.4 Å². The molecule has 8 heteroatoms. The number of hydrogen-bond acceptors (Lipinski definition) is 7. The third-order valence-electron chi connectivity index (χ3n) is 5.34. The van der Waals surface area contributed by atoms with Crippen molar-refractivity contribution in [3.05, 3.63) is 35.9 Å². The summed E-state index contributed by atoms with van der Waals surface area (Å²) in [6, 6.07) is 8.85. The molecule has 3 rings (SSSR count). The predicted octanol–water partition coefficient (Wildman–Crippen LogP) is 3.17. The molecule has 1 saturated heterocycles. The average Bonchev–Trinajstić information content (AvgIpc) is 3.26. The minimum Gasteiger partial charge on any atom is -0.467 e. The molecule has 1 amide bonds. The van der Waals surface area contributed by atoms with E-state index >= 15 is 0 Å². The Hall–Kier alpha value is -1.38. The smallest absolute Gasteiger partial charge is 0.410 e. The van der Waals surface area contributed by atoms with Gasteiger partial charge in [-0.3, -0.25) is 4.90 Å². The van der Waals surface area contributed by atoms with Crippen LogP contribution in [0.4, 0.5) is 4.79 Å². The van der Waals surface area contributed by atoms with Crippen LogP contribution in [-0.4, -0.2) is 53.8 Å². The van der Waals surface area contributed by atoms with Crippen LogP contribution in [0.3, 0.4) is 0 Å². The molecule has 27 heavy (non-hydrogen) atoms. The van der Waals surface area contributed by atoms with Gasteiger partial charge in [0.2, 0.25) is 0 Å². The van der Waals surface area contributed by atoms with E-state index in [0.29, 0.717) is 6.54 Å². The zero-order valence-corrected chi connectivity index (χ0v) is 17.2. The van der Waals surface area contributed by atoms with Crippen molar-refractivity contribution in [2.24, 2.45) is 11.8 Å². The van der Waals surface area contributed by atoms with Gasteiger partial charge in [-0.05, 0) is 30.6 Å². The van der Waals surface area contributed by atoms with Gasteiger partial charge < -0.3 is 14.2 Å². The lowest BCUT2D eigenvalue weighted by Gasteiger charge is -2.25. The molecule has 0 bridgehead atoms. The first-order valence-electron chi connectivity index (χ1n) is 8.96. The molecule has 2 unspecified atom stereocenters. The molecule has 1 heterocycles. The monoisotopic (exact) mass is 411 g/mol. The second-order valence-corrected chi connectivity index (χ2v) is 8.50. The van der Waals surface area contributed by atoms with Crippen LogP contribution >= 0.6 is 24.4 Å². The summed E-state index contributed by atoms with van der Waals surface area (Å²) in [4.78, 5) is 26.6. The first-order valence-corrected chi connectivity index (χ1v) is 10.8. The molecule has 1 aliphatic heterocycles. The molecule has 1 aromatic carbocycles. The van der Waals surface area contributed by atoms with Gasteiger partial charge in [-0.1, -0.05) is 30.3 Å². The molecule has 2 aliphatic rings. The van der Waals surface area contributed by atoms with Crippen molar-refractivity contribution in [2.75, 3.05) is 19.9 Å². The van der Waals surface area contributed by atoms with E-state index in [1.165, 1.54) is 23.8 Å². The average molecular weight is 412 g/mol. The number of likely N-dealkylation sites (tertiary alicyclic amines) is 1. The zero-order chi connectivity index (χ0) is 19.4. The summed E-state index contributed by atoms with van der Waals surface area (Å²) in [5, 5.41) is 0. The summed E-state index contributed by atoms with van der Waals surface area (Å²) < 4.78 is 16.2. The quantitative estimate of drug-likeness (QED) is 0.441. The Morgan fingerprint density at radius 3 is 2.67 bits per heavy atom. The summed E-state index contributed by atoms with van der Waals surface area (Å²) in [5.74, 6) is -0.290. The molecule has 1 saturated carbocycles. The van der Waals surface area contributed by atoms with Crippen molar-refractivity contribution in [1.82, 2.24) is 4.90 Å². The van der Waals surface area contributed by atoms with Crippen LogP contribution in [0, 0.1) is 11.8 Å². The van der Waals surface area contributed by atoms with Crippen LogP contribution in [0.5, 0.6) is 0 Å². The highest BCUT2D eigenvalue weighted by atomic mass is 32.2. The Morgan fingerprint density at radius 2 is 2.00 bits per heavy atom. The first kappa shape index (κ1) is 20.4. The van der Waals surface area contributed by atoms with Crippen molar-refractivity contribution in [1.29, 1.82) is 0 Å². The van der Waals surface area contributed by atoms with Crippen LogP contribution in [0.2, 0.25) is 0 Å². The number of fused-ring (bicyclic) bond motifs is 1. The summed E-state index contributed by atoms with van der Waals surface area (Å²) in [5.41, 5.74) is 0.902. The topological polar surface area (TPSA) is 65.1 Å².